The van der Waals surface area contributed by atoms with Crippen molar-refractivity contribution in [2.75, 3.05) is 19.6 Å². The van der Waals surface area contributed by atoms with Gasteiger partial charge in [-0.25, -0.2) is 9.78 Å². The highest BCUT2D eigenvalue weighted by molar-refractivity contribution is 5.99. The van der Waals surface area contributed by atoms with Crippen molar-refractivity contribution in [2.45, 2.75) is 44.2 Å². The van der Waals surface area contributed by atoms with Crippen molar-refractivity contribution in [2.24, 2.45) is 0 Å². The number of imidazole rings is 1. The quantitative estimate of drug-likeness (QED) is 0.581. The number of carbonyl (C=O) groups is 3. The van der Waals surface area contributed by atoms with Crippen molar-refractivity contribution in [1.82, 2.24) is 19.4 Å². The first-order valence-corrected chi connectivity index (χ1v) is 12.5. The van der Waals surface area contributed by atoms with Gasteiger partial charge in [0, 0.05) is 31.6 Å². The highest BCUT2D eigenvalue weighted by Crippen LogP contribution is 2.33. The van der Waals surface area contributed by atoms with E-state index in [4.69, 9.17) is 0 Å². The fourth-order valence-corrected chi connectivity index (χ4v) is 5.39. The Bertz CT molecular complexity index is 1240. The van der Waals surface area contributed by atoms with Crippen LogP contribution < -0.4 is 0 Å². The molecule has 1 N–H and O–H groups in total. The molecule has 2 aliphatic rings. The Morgan fingerprint density at radius 3 is 2.39 bits per heavy atom. The highest BCUT2D eigenvalue weighted by Gasteiger charge is 2.36. The molecule has 5 rings (SSSR count). The third kappa shape index (κ3) is 4.76. The van der Waals surface area contributed by atoms with Crippen molar-refractivity contribution < 1.29 is 19.5 Å². The third-order valence-electron chi connectivity index (χ3n) is 7.23. The number of aromatic nitrogens is 2. The van der Waals surface area contributed by atoms with Gasteiger partial charge >= 0.3 is 6.09 Å². The Morgan fingerprint density at radius 2 is 1.69 bits per heavy atom. The summed E-state index contributed by atoms with van der Waals surface area (Å²) in [6, 6.07) is 18.7. The first-order valence-electron chi connectivity index (χ1n) is 12.5. The number of hydrogen-bond acceptors (Lipinski definition) is 4. The molecule has 36 heavy (non-hydrogen) atoms. The number of carboxylic acid groups (broad SMARTS) is 1. The summed E-state index contributed by atoms with van der Waals surface area (Å²) in [4.78, 5) is 46.3. The minimum Gasteiger partial charge on any atom is -0.465 e. The molecule has 8 heteroatoms. The van der Waals surface area contributed by atoms with E-state index >= 15 is 0 Å². The second-order valence-electron chi connectivity index (χ2n) is 9.51. The number of rotatable bonds is 5. The predicted molar refractivity (Wildman–Crippen MR) is 135 cm³/mol. The first kappa shape index (κ1) is 23.8. The second kappa shape index (κ2) is 10.4. The summed E-state index contributed by atoms with van der Waals surface area (Å²) in [5.41, 5.74) is 2.83. The molecule has 0 radical (unpaired) electrons. The Labute approximate surface area is 210 Å². The molecule has 2 atom stereocenters. The van der Waals surface area contributed by atoms with Gasteiger partial charge in [-0.05, 0) is 24.8 Å². The molecule has 1 aromatic heterocycles. The van der Waals surface area contributed by atoms with Crippen LogP contribution in [0, 0.1) is 0 Å². The van der Waals surface area contributed by atoms with E-state index in [0.29, 0.717) is 24.2 Å². The highest BCUT2D eigenvalue weighted by atomic mass is 16.4. The van der Waals surface area contributed by atoms with Gasteiger partial charge in [0.05, 0.1) is 24.1 Å². The lowest BCUT2D eigenvalue weighted by molar-refractivity contribution is -0.123. The molecule has 3 aromatic rings. The van der Waals surface area contributed by atoms with Crippen LogP contribution in [0.1, 0.15) is 47.8 Å². The molecule has 1 saturated heterocycles. The molecule has 2 aromatic carbocycles. The molecule has 8 nitrogen and oxygen atoms in total. The minimum atomic E-state index is -0.981. The number of ketones is 1. The first-order chi connectivity index (χ1) is 17.5. The van der Waals surface area contributed by atoms with Crippen LogP contribution in [0.5, 0.6) is 0 Å². The summed E-state index contributed by atoms with van der Waals surface area (Å²) in [5.74, 6) is -0.0614. The monoisotopic (exact) mass is 486 g/mol. The van der Waals surface area contributed by atoms with Crippen LogP contribution >= 0.6 is 0 Å². The molecule has 2 heterocycles. The standard InChI is InChI=1S/C28H30N4O4/c33-24-14-8-7-13-23(24)32-19-29-25(26(32)21-11-5-2-6-12-21)27(34)31-16-15-30(28(35)36)18-22(31)17-20-9-3-1-4-10-20/h1-6,9-12,19,22-23H,7-8,13-18H2,(H,35,36)/t22-,23?/m1/s1. The third-order valence-corrected chi connectivity index (χ3v) is 7.23. The van der Waals surface area contributed by atoms with Crippen LogP contribution in [0.4, 0.5) is 4.79 Å². The number of hydrogen-bond donors (Lipinski definition) is 1. The smallest absolute Gasteiger partial charge is 0.407 e. The second-order valence-corrected chi connectivity index (χ2v) is 9.51. The largest absolute Gasteiger partial charge is 0.465 e. The minimum absolute atomic E-state index is 0.173. The van der Waals surface area contributed by atoms with Gasteiger partial charge in [0.1, 0.15) is 0 Å². The number of Topliss-reactive ketones (excluding diaryl/α,β-unsaturated/α-hetero) is 1. The SMILES string of the molecule is O=C1CCCCC1n1cnc(C(=O)N2CCN(C(=O)O)C[C@H]2Cc2ccccc2)c1-c1ccccc1. The van der Waals surface area contributed by atoms with Gasteiger partial charge in [0.2, 0.25) is 0 Å². The number of amides is 2. The molecule has 186 valence electrons. The molecule has 1 aliphatic heterocycles. The van der Waals surface area contributed by atoms with Crippen LogP contribution in [-0.2, 0) is 11.2 Å². The van der Waals surface area contributed by atoms with E-state index in [1.165, 1.54) is 4.90 Å². The van der Waals surface area contributed by atoms with Crippen LogP contribution in [0.2, 0.25) is 0 Å². The Hall–Kier alpha value is -3.94. The maximum absolute atomic E-state index is 14.0. The topological polar surface area (TPSA) is 95.7 Å². The normalized spacial score (nSPS) is 20.4. The molecule has 2 amide bonds. The lowest BCUT2D eigenvalue weighted by Crippen LogP contribution is -2.57. The van der Waals surface area contributed by atoms with Gasteiger partial charge in [-0.3, -0.25) is 9.59 Å². The molecule has 1 aliphatic carbocycles. The summed E-state index contributed by atoms with van der Waals surface area (Å²) in [5, 5.41) is 9.60. The summed E-state index contributed by atoms with van der Waals surface area (Å²) >= 11 is 0. The number of nitrogens with zero attached hydrogens (tertiary/aromatic N) is 4. The Morgan fingerprint density at radius 1 is 0.972 bits per heavy atom. The average molecular weight is 487 g/mol. The van der Waals surface area contributed by atoms with Crippen LogP contribution in [0.25, 0.3) is 11.3 Å². The predicted octanol–water partition coefficient (Wildman–Crippen LogP) is 4.28. The van der Waals surface area contributed by atoms with E-state index in [-0.39, 0.29) is 43.4 Å². The summed E-state index contributed by atoms with van der Waals surface area (Å²) in [7, 11) is 0. The van der Waals surface area contributed by atoms with E-state index in [1.54, 1.807) is 11.2 Å². The fourth-order valence-electron chi connectivity index (χ4n) is 5.39. The zero-order chi connectivity index (χ0) is 25.1. The van der Waals surface area contributed by atoms with Gasteiger partial charge in [0.15, 0.2) is 11.5 Å². The van der Waals surface area contributed by atoms with E-state index in [9.17, 15) is 19.5 Å². The van der Waals surface area contributed by atoms with Gasteiger partial charge in [-0.1, -0.05) is 67.1 Å². The molecule has 0 spiro atoms. The van der Waals surface area contributed by atoms with Crippen molar-refractivity contribution in [3.05, 3.63) is 78.2 Å². The lowest BCUT2D eigenvalue weighted by Gasteiger charge is -2.40. The average Bonchev–Trinajstić information content (AvgIpc) is 3.34. The lowest BCUT2D eigenvalue weighted by atomic mass is 9.93. The zero-order valence-corrected chi connectivity index (χ0v) is 20.1. The summed E-state index contributed by atoms with van der Waals surface area (Å²) < 4.78 is 1.88. The summed E-state index contributed by atoms with van der Waals surface area (Å²) in [6.07, 6.45) is 4.31. The van der Waals surface area contributed by atoms with Gasteiger partial charge in [-0.2, -0.15) is 0 Å². The van der Waals surface area contributed by atoms with Crippen LogP contribution in [-0.4, -0.2) is 67.9 Å². The Kier molecular flexibility index (Phi) is 6.84. The molecule has 0 bridgehead atoms. The molecule has 1 unspecified atom stereocenters. The zero-order valence-electron chi connectivity index (χ0n) is 20.1. The number of benzene rings is 2. The van der Waals surface area contributed by atoms with Gasteiger partial charge < -0.3 is 19.5 Å². The summed E-state index contributed by atoms with van der Waals surface area (Å²) in [6.45, 7) is 0.763. The van der Waals surface area contributed by atoms with E-state index in [0.717, 1.165) is 30.4 Å². The van der Waals surface area contributed by atoms with Crippen molar-refractivity contribution in [3.8, 4) is 11.3 Å². The fraction of sp³-hybridized carbons (Fsp3) is 0.357. The number of piperazine rings is 1. The molecular formula is C28H30N4O4. The Balaban J connectivity index is 1.52. The van der Waals surface area contributed by atoms with Gasteiger partial charge in [0.25, 0.3) is 5.91 Å². The van der Waals surface area contributed by atoms with Crippen LogP contribution in [0.15, 0.2) is 67.0 Å². The van der Waals surface area contributed by atoms with Crippen molar-refractivity contribution in [1.29, 1.82) is 0 Å². The molecule has 1 saturated carbocycles. The van der Waals surface area contributed by atoms with Crippen molar-refractivity contribution >= 4 is 17.8 Å². The maximum atomic E-state index is 14.0. The number of carbonyl (C=O) groups excluding carboxylic acids is 2. The molecule has 2 fully saturated rings. The van der Waals surface area contributed by atoms with Crippen LogP contribution in [0.3, 0.4) is 0 Å². The maximum Gasteiger partial charge on any atom is 0.407 e. The van der Waals surface area contributed by atoms with E-state index < -0.39 is 6.09 Å². The van der Waals surface area contributed by atoms with Crippen molar-refractivity contribution in [3.63, 3.8) is 0 Å². The van der Waals surface area contributed by atoms with E-state index in [1.807, 2.05) is 65.2 Å². The van der Waals surface area contributed by atoms with E-state index in [2.05, 4.69) is 4.98 Å². The molecular weight excluding hydrogens is 456 g/mol. The van der Waals surface area contributed by atoms with Gasteiger partial charge in [-0.15, -0.1) is 0 Å².